The molecule has 1 aromatic heterocycles. The van der Waals surface area contributed by atoms with Crippen molar-refractivity contribution in [2.24, 2.45) is 0 Å². The van der Waals surface area contributed by atoms with Crippen LogP contribution in [-0.4, -0.2) is 16.3 Å². The molecule has 0 saturated carbocycles. The van der Waals surface area contributed by atoms with E-state index in [1.807, 2.05) is 0 Å². The fourth-order valence-corrected chi connectivity index (χ4v) is 1.87. The molecule has 0 spiro atoms. The van der Waals surface area contributed by atoms with Gasteiger partial charge in [-0.25, -0.2) is 0 Å². The van der Waals surface area contributed by atoms with Crippen molar-refractivity contribution in [1.29, 1.82) is 0 Å². The fourth-order valence-electron chi connectivity index (χ4n) is 1.26. The molecule has 2 rings (SSSR count). The minimum atomic E-state index is 0.332. The van der Waals surface area contributed by atoms with Crippen molar-refractivity contribution < 1.29 is 4.74 Å². The second kappa shape index (κ2) is 2.75. The molecule has 0 fully saturated rings. The zero-order valence-corrected chi connectivity index (χ0v) is 8.38. The molecule has 0 bridgehead atoms. The molecule has 60 valence electrons. The highest BCUT2D eigenvalue weighted by Gasteiger charge is 2.19. The predicted molar refractivity (Wildman–Crippen MR) is 49.3 cm³/mol. The molecule has 0 saturated heterocycles. The monoisotopic (exact) mass is 264 g/mol. The summed E-state index contributed by atoms with van der Waals surface area (Å²) in [5.74, 6) is 0. The summed E-state index contributed by atoms with van der Waals surface area (Å²) in [5, 5.41) is 7.13. The number of hydrogen-bond acceptors (Lipinski definition) is 2. The molecule has 1 atom stereocenters. The third-order valence-corrected chi connectivity index (χ3v) is 2.80. The van der Waals surface area contributed by atoms with Gasteiger partial charge in [-0.2, -0.15) is 5.10 Å². The topological polar surface area (TPSA) is 37.9 Å². The molecule has 3 nitrogen and oxygen atoms in total. The van der Waals surface area contributed by atoms with Gasteiger partial charge in [-0.05, 0) is 29.5 Å². The Hall–Kier alpha value is -0.100. The zero-order chi connectivity index (χ0) is 7.84. The van der Waals surface area contributed by atoms with Gasteiger partial charge in [-0.15, -0.1) is 0 Å². The van der Waals surface area contributed by atoms with Gasteiger partial charge in [-0.1, -0.05) is 0 Å². The van der Waals surface area contributed by atoms with E-state index in [0.717, 1.165) is 10.1 Å². The lowest BCUT2D eigenvalue weighted by Crippen LogP contribution is -2.18. The molecular formula is C7H9IN2O. The second-order valence-corrected chi connectivity index (χ2v) is 3.82. The molecule has 1 N–H and O–H groups in total. The van der Waals surface area contributed by atoms with Crippen molar-refractivity contribution in [3.8, 4) is 0 Å². The largest absolute Gasteiger partial charge is 0.373 e. The molecule has 4 heteroatoms. The SMILES string of the molecule is C[C@@H]1Cc2[nH]nc(I)c2CO1. The lowest BCUT2D eigenvalue weighted by Gasteiger charge is -2.18. The van der Waals surface area contributed by atoms with Crippen molar-refractivity contribution in [3.63, 3.8) is 0 Å². The van der Waals surface area contributed by atoms with E-state index in [1.165, 1.54) is 11.3 Å². The number of fused-ring (bicyclic) bond motifs is 1. The van der Waals surface area contributed by atoms with Crippen LogP contribution in [0.2, 0.25) is 0 Å². The van der Waals surface area contributed by atoms with Gasteiger partial charge in [0.15, 0.2) is 0 Å². The Balaban J connectivity index is 2.36. The van der Waals surface area contributed by atoms with Crippen LogP contribution in [0.4, 0.5) is 0 Å². The number of H-pyrrole nitrogens is 1. The van der Waals surface area contributed by atoms with E-state index in [-0.39, 0.29) is 0 Å². The van der Waals surface area contributed by atoms with Crippen LogP contribution in [0.5, 0.6) is 0 Å². The Kier molecular flexibility index (Phi) is 1.88. The van der Waals surface area contributed by atoms with Crippen LogP contribution in [0.3, 0.4) is 0 Å². The standard InChI is InChI=1S/C7H9IN2O/c1-4-2-6-5(3-11-4)7(8)10-9-6/h4H,2-3H2,1H3,(H,9,10)/t4-/m1/s1. The first-order valence-corrected chi connectivity index (χ1v) is 4.68. The first kappa shape index (κ1) is 7.54. The number of aromatic amines is 1. The Morgan fingerprint density at radius 2 is 2.55 bits per heavy atom. The van der Waals surface area contributed by atoms with E-state index in [1.54, 1.807) is 0 Å². The van der Waals surface area contributed by atoms with E-state index in [4.69, 9.17) is 4.74 Å². The van der Waals surface area contributed by atoms with Crippen molar-refractivity contribution in [1.82, 2.24) is 10.2 Å². The first-order valence-electron chi connectivity index (χ1n) is 3.60. The van der Waals surface area contributed by atoms with Crippen LogP contribution in [0.25, 0.3) is 0 Å². The van der Waals surface area contributed by atoms with Crippen LogP contribution in [0, 0.1) is 3.70 Å². The molecule has 0 amide bonds. The number of ether oxygens (including phenoxy) is 1. The van der Waals surface area contributed by atoms with Crippen molar-refractivity contribution in [2.75, 3.05) is 0 Å². The van der Waals surface area contributed by atoms with E-state index in [9.17, 15) is 0 Å². The van der Waals surface area contributed by atoms with Crippen LogP contribution >= 0.6 is 22.6 Å². The van der Waals surface area contributed by atoms with Gasteiger partial charge in [0.1, 0.15) is 3.70 Å². The maximum absolute atomic E-state index is 5.48. The number of aromatic nitrogens is 2. The van der Waals surface area contributed by atoms with E-state index < -0.39 is 0 Å². The average molecular weight is 264 g/mol. The quantitative estimate of drug-likeness (QED) is 0.721. The molecule has 1 aromatic rings. The lowest BCUT2D eigenvalue weighted by atomic mass is 10.1. The van der Waals surface area contributed by atoms with E-state index >= 15 is 0 Å². The zero-order valence-electron chi connectivity index (χ0n) is 6.22. The minimum absolute atomic E-state index is 0.332. The molecule has 1 aliphatic rings. The first-order chi connectivity index (χ1) is 5.27. The Morgan fingerprint density at radius 1 is 1.73 bits per heavy atom. The van der Waals surface area contributed by atoms with Gasteiger partial charge < -0.3 is 4.74 Å². The van der Waals surface area contributed by atoms with Gasteiger partial charge in [-0.3, -0.25) is 5.10 Å². The highest BCUT2D eigenvalue weighted by Crippen LogP contribution is 2.22. The van der Waals surface area contributed by atoms with Gasteiger partial charge >= 0.3 is 0 Å². The number of hydrogen-bond donors (Lipinski definition) is 1. The van der Waals surface area contributed by atoms with Crippen LogP contribution in [0.1, 0.15) is 18.2 Å². The summed E-state index contributed by atoms with van der Waals surface area (Å²) >= 11 is 2.22. The third kappa shape index (κ3) is 1.29. The number of rotatable bonds is 0. The molecule has 11 heavy (non-hydrogen) atoms. The van der Waals surface area contributed by atoms with Crippen LogP contribution < -0.4 is 0 Å². The van der Waals surface area contributed by atoms with Gasteiger partial charge in [0.25, 0.3) is 0 Å². The highest BCUT2D eigenvalue weighted by molar-refractivity contribution is 14.1. The predicted octanol–water partition coefficient (Wildman–Crippen LogP) is 1.48. The van der Waals surface area contributed by atoms with E-state index in [0.29, 0.717) is 12.7 Å². The normalized spacial score (nSPS) is 23.3. The summed E-state index contributed by atoms with van der Waals surface area (Å²) in [4.78, 5) is 0. The molecular weight excluding hydrogens is 255 g/mol. The summed E-state index contributed by atoms with van der Waals surface area (Å²) < 4.78 is 6.52. The summed E-state index contributed by atoms with van der Waals surface area (Å²) in [5.41, 5.74) is 2.48. The molecule has 0 aliphatic carbocycles. The van der Waals surface area contributed by atoms with Gasteiger partial charge in [0.2, 0.25) is 0 Å². The molecule has 0 radical (unpaired) electrons. The van der Waals surface area contributed by atoms with Gasteiger partial charge in [0.05, 0.1) is 12.7 Å². The van der Waals surface area contributed by atoms with Gasteiger partial charge in [0, 0.05) is 17.7 Å². The molecule has 2 heterocycles. The second-order valence-electron chi connectivity index (χ2n) is 2.80. The molecule has 0 aromatic carbocycles. The summed E-state index contributed by atoms with van der Waals surface area (Å²) in [7, 11) is 0. The Bertz CT molecular complexity index is 271. The summed E-state index contributed by atoms with van der Waals surface area (Å²) in [6, 6.07) is 0. The molecule has 1 aliphatic heterocycles. The number of halogens is 1. The average Bonchev–Trinajstić information content (AvgIpc) is 2.32. The third-order valence-electron chi connectivity index (χ3n) is 1.91. The van der Waals surface area contributed by atoms with Crippen molar-refractivity contribution in [2.45, 2.75) is 26.1 Å². The minimum Gasteiger partial charge on any atom is -0.373 e. The molecule has 0 unspecified atom stereocenters. The number of nitrogens with zero attached hydrogens (tertiary/aromatic N) is 1. The van der Waals surface area contributed by atoms with Crippen molar-refractivity contribution in [3.05, 3.63) is 15.0 Å². The van der Waals surface area contributed by atoms with Crippen molar-refractivity contribution >= 4 is 22.6 Å². The fraction of sp³-hybridized carbons (Fsp3) is 0.571. The maximum Gasteiger partial charge on any atom is 0.128 e. The summed E-state index contributed by atoms with van der Waals surface area (Å²) in [6.45, 7) is 2.79. The summed E-state index contributed by atoms with van der Waals surface area (Å²) in [6.07, 6.45) is 1.30. The lowest BCUT2D eigenvalue weighted by molar-refractivity contribution is 0.0400. The number of nitrogens with one attached hydrogen (secondary N) is 1. The van der Waals surface area contributed by atoms with Crippen LogP contribution in [0.15, 0.2) is 0 Å². The van der Waals surface area contributed by atoms with E-state index in [2.05, 4.69) is 39.7 Å². The Labute approximate surface area is 78.7 Å². The maximum atomic E-state index is 5.48. The Morgan fingerprint density at radius 3 is 3.36 bits per heavy atom. The highest BCUT2D eigenvalue weighted by atomic mass is 127. The smallest absolute Gasteiger partial charge is 0.128 e. The van der Waals surface area contributed by atoms with Crippen LogP contribution in [-0.2, 0) is 17.8 Å².